The predicted molar refractivity (Wildman–Crippen MR) is 71.7 cm³/mol. The summed E-state index contributed by atoms with van der Waals surface area (Å²) in [6, 6.07) is 10.7. The minimum Gasteiger partial charge on any atom is -0.362 e. The van der Waals surface area contributed by atoms with E-state index in [0.717, 1.165) is 12.4 Å². The fraction of sp³-hybridized carbons (Fsp3) is 0.286. The third-order valence-corrected chi connectivity index (χ3v) is 4.06. The van der Waals surface area contributed by atoms with Crippen molar-refractivity contribution in [3.05, 3.63) is 53.9 Å². The lowest BCUT2D eigenvalue weighted by molar-refractivity contribution is 0.145. The lowest BCUT2D eigenvalue weighted by Crippen LogP contribution is -1.92. The van der Waals surface area contributed by atoms with Gasteiger partial charge in [0.2, 0.25) is 0 Å². The Hall–Kier alpha value is -1.19. The van der Waals surface area contributed by atoms with E-state index in [-0.39, 0.29) is 5.44 Å². The minimum atomic E-state index is 0.224. The zero-order valence-electron chi connectivity index (χ0n) is 9.80. The number of aromatic nitrogens is 1. The Morgan fingerprint density at radius 2 is 2.06 bits per heavy atom. The van der Waals surface area contributed by atoms with Gasteiger partial charge in [-0.25, -0.2) is 0 Å². The van der Waals surface area contributed by atoms with Crippen LogP contribution in [0.3, 0.4) is 0 Å². The van der Waals surface area contributed by atoms with Crippen LogP contribution in [0.2, 0.25) is 0 Å². The van der Waals surface area contributed by atoms with Gasteiger partial charge in [0.1, 0.15) is 5.44 Å². The van der Waals surface area contributed by atoms with Crippen LogP contribution in [-0.4, -0.2) is 16.9 Å². The second-order valence-corrected chi connectivity index (χ2v) is 5.43. The van der Waals surface area contributed by atoms with Gasteiger partial charge in [0.05, 0.1) is 6.61 Å². The topological polar surface area (TPSA) is 14.2 Å². The number of nitrogens with zero attached hydrogens (tertiary/aromatic N) is 1. The molecule has 3 rings (SSSR count). The Balaban J connectivity index is 1.86. The molecule has 88 valence electrons. The number of hydrogen-bond donors (Lipinski definition) is 0. The summed E-state index contributed by atoms with van der Waals surface area (Å²) in [5.74, 6) is 1.10. The number of ether oxygens (including phenoxy) is 1. The summed E-state index contributed by atoms with van der Waals surface area (Å²) in [7, 11) is 0. The first-order chi connectivity index (χ1) is 8.33. The molecule has 1 unspecified atom stereocenters. The molecule has 0 amide bonds. The lowest BCUT2D eigenvalue weighted by atomic mass is 10.2. The molecule has 2 heterocycles. The van der Waals surface area contributed by atoms with E-state index < -0.39 is 0 Å². The lowest BCUT2D eigenvalue weighted by Gasteiger charge is -2.06. The molecule has 0 N–H and O–H groups in total. The largest absolute Gasteiger partial charge is 0.362 e. The Kier molecular flexibility index (Phi) is 2.95. The predicted octanol–water partition coefficient (Wildman–Crippen LogP) is 3.55. The Labute approximate surface area is 106 Å². The van der Waals surface area contributed by atoms with Gasteiger partial charge in [-0.05, 0) is 25.1 Å². The fourth-order valence-corrected chi connectivity index (χ4v) is 2.91. The van der Waals surface area contributed by atoms with Crippen LogP contribution in [-0.2, 0) is 4.74 Å². The van der Waals surface area contributed by atoms with E-state index in [1.54, 1.807) is 0 Å². The number of thioether (sulfide) groups is 1. The van der Waals surface area contributed by atoms with Crippen molar-refractivity contribution in [3.8, 4) is 5.69 Å². The summed E-state index contributed by atoms with van der Waals surface area (Å²) in [6.45, 7) is 2.97. The molecule has 1 aliphatic heterocycles. The van der Waals surface area contributed by atoms with Gasteiger partial charge in [-0.1, -0.05) is 17.7 Å². The maximum atomic E-state index is 5.66. The number of hydrogen-bond acceptors (Lipinski definition) is 2. The maximum Gasteiger partial charge on any atom is 0.130 e. The molecule has 0 saturated carbocycles. The second-order valence-electron chi connectivity index (χ2n) is 4.26. The molecular formula is C14H15NOS. The van der Waals surface area contributed by atoms with Gasteiger partial charge < -0.3 is 9.30 Å². The van der Waals surface area contributed by atoms with Crippen molar-refractivity contribution in [1.29, 1.82) is 0 Å². The molecule has 1 aliphatic rings. The molecular weight excluding hydrogens is 230 g/mol. The van der Waals surface area contributed by atoms with Crippen molar-refractivity contribution < 1.29 is 4.74 Å². The monoisotopic (exact) mass is 245 g/mol. The van der Waals surface area contributed by atoms with E-state index in [2.05, 4.69) is 54.2 Å². The van der Waals surface area contributed by atoms with E-state index in [0.29, 0.717) is 0 Å². The molecule has 1 aromatic heterocycles. The number of aryl methyl sites for hydroxylation is 1. The van der Waals surface area contributed by atoms with Gasteiger partial charge in [-0.15, -0.1) is 11.8 Å². The van der Waals surface area contributed by atoms with Crippen molar-refractivity contribution in [2.24, 2.45) is 0 Å². The van der Waals surface area contributed by atoms with Crippen molar-refractivity contribution in [3.63, 3.8) is 0 Å². The highest BCUT2D eigenvalue weighted by atomic mass is 32.2. The Bertz CT molecular complexity index is 497. The summed E-state index contributed by atoms with van der Waals surface area (Å²) < 4.78 is 7.81. The first-order valence-corrected chi connectivity index (χ1v) is 6.86. The molecule has 1 atom stereocenters. The van der Waals surface area contributed by atoms with Crippen LogP contribution in [0.4, 0.5) is 0 Å². The summed E-state index contributed by atoms with van der Waals surface area (Å²) in [5, 5.41) is 0. The van der Waals surface area contributed by atoms with Crippen LogP contribution >= 0.6 is 11.8 Å². The van der Waals surface area contributed by atoms with Gasteiger partial charge >= 0.3 is 0 Å². The van der Waals surface area contributed by atoms with Gasteiger partial charge in [0.25, 0.3) is 0 Å². The molecule has 17 heavy (non-hydrogen) atoms. The average Bonchev–Trinajstić information content (AvgIpc) is 3.00. The highest BCUT2D eigenvalue weighted by molar-refractivity contribution is 7.99. The molecule has 1 fully saturated rings. The van der Waals surface area contributed by atoms with Gasteiger partial charge in [0, 0.05) is 29.4 Å². The van der Waals surface area contributed by atoms with E-state index in [4.69, 9.17) is 4.74 Å². The number of benzene rings is 1. The minimum absolute atomic E-state index is 0.224. The summed E-state index contributed by atoms with van der Waals surface area (Å²) in [4.78, 5) is 0. The standard InChI is InChI=1S/C14H15NOS/c1-11-2-4-13(5-3-11)15-7-6-12(10-15)14-16-8-9-17-14/h2-7,10,14H,8-9H2,1H3. The summed E-state index contributed by atoms with van der Waals surface area (Å²) in [6.07, 6.45) is 4.26. The van der Waals surface area contributed by atoms with E-state index in [1.807, 2.05) is 11.8 Å². The second kappa shape index (κ2) is 4.59. The van der Waals surface area contributed by atoms with Crippen LogP contribution in [0.5, 0.6) is 0 Å². The maximum absolute atomic E-state index is 5.66. The van der Waals surface area contributed by atoms with Gasteiger partial charge in [-0.2, -0.15) is 0 Å². The van der Waals surface area contributed by atoms with Crippen LogP contribution in [0.25, 0.3) is 5.69 Å². The molecule has 0 aliphatic carbocycles. The third kappa shape index (κ3) is 2.26. The normalized spacial score (nSPS) is 19.7. The Morgan fingerprint density at radius 3 is 2.76 bits per heavy atom. The molecule has 2 aromatic rings. The fourth-order valence-electron chi connectivity index (χ4n) is 1.98. The molecule has 1 aromatic carbocycles. The third-order valence-electron chi connectivity index (χ3n) is 2.94. The van der Waals surface area contributed by atoms with E-state index >= 15 is 0 Å². The van der Waals surface area contributed by atoms with Gasteiger partial charge in [-0.3, -0.25) is 0 Å². The van der Waals surface area contributed by atoms with Gasteiger partial charge in [0.15, 0.2) is 0 Å². The van der Waals surface area contributed by atoms with Crippen LogP contribution in [0.1, 0.15) is 16.6 Å². The first-order valence-electron chi connectivity index (χ1n) is 5.81. The molecule has 0 bridgehead atoms. The van der Waals surface area contributed by atoms with E-state index in [1.165, 1.54) is 16.8 Å². The SMILES string of the molecule is Cc1ccc(-n2ccc(C3OCCS3)c2)cc1. The van der Waals surface area contributed by atoms with Crippen molar-refractivity contribution in [1.82, 2.24) is 4.57 Å². The summed E-state index contributed by atoms with van der Waals surface area (Å²) >= 11 is 1.87. The molecule has 3 heteroatoms. The molecule has 1 saturated heterocycles. The molecule has 2 nitrogen and oxygen atoms in total. The molecule has 0 spiro atoms. The zero-order valence-corrected chi connectivity index (χ0v) is 10.6. The molecule has 0 radical (unpaired) electrons. The van der Waals surface area contributed by atoms with Crippen LogP contribution < -0.4 is 0 Å². The van der Waals surface area contributed by atoms with Crippen molar-refractivity contribution >= 4 is 11.8 Å². The average molecular weight is 245 g/mol. The zero-order chi connectivity index (χ0) is 11.7. The van der Waals surface area contributed by atoms with Crippen LogP contribution in [0, 0.1) is 6.92 Å². The highest BCUT2D eigenvalue weighted by Gasteiger charge is 2.19. The van der Waals surface area contributed by atoms with Crippen molar-refractivity contribution in [2.45, 2.75) is 12.4 Å². The summed E-state index contributed by atoms with van der Waals surface area (Å²) in [5.41, 5.74) is 3.97. The highest BCUT2D eigenvalue weighted by Crippen LogP contribution is 2.35. The quantitative estimate of drug-likeness (QED) is 0.803. The smallest absolute Gasteiger partial charge is 0.130 e. The number of rotatable bonds is 2. The van der Waals surface area contributed by atoms with E-state index in [9.17, 15) is 0 Å². The van der Waals surface area contributed by atoms with Crippen molar-refractivity contribution in [2.75, 3.05) is 12.4 Å². The Morgan fingerprint density at radius 1 is 1.24 bits per heavy atom. The van der Waals surface area contributed by atoms with Crippen LogP contribution in [0.15, 0.2) is 42.7 Å². The first kappa shape index (κ1) is 10.9.